The van der Waals surface area contributed by atoms with E-state index in [2.05, 4.69) is 9.97 Å². The summed E-state index contributed by atoms with van der Waals surface area (Å²) in [6, 6.07) is -0.394. The Kier molecular flexibility index (Phi) is 4.39. The molecule has 0 aromatic carbocycles. The molecule has 0 saturated heterocycles. The van der Waals surface area contributed by atoms with Gasteiger partial charge in [0.1, 0.15) is 4.90 Å². The lowest BCUT2D eigenvalue weighted by atomic mass is 9.93. The third-order valence-corrected chi connectivity index (χ3v) is 5.47. The molecule has 0 amide bonds. The van der Waals surface area contributed by atoms with Gasteiger partial charge in [0.15, 0.2) is 0 Å². The van der Waals surface area contributed by atoms with Crippen molar-refractivity contribution >= 4 is 21.6 Å². The van der Waals surface area contributed by atoms with Crippen LogP contribution < -0.4 is 0 Å². The Morgan fingerprint density at radius 2 is 1.89 bits per heavy atom. The van der Waals surface area contributed by atoms with Gasteiger partial charge in [-0.1, -0.05) is 12.8 Å². The fourth-order valence-corrected chi connectivity index (χ4v) is 3.70. The Hall–Kier alpha value is -0.760. The molecule has 1 aliphatic rings. The molecular formula is C11H16ClN3O3S. The summed E-state index contributed by atoms with van der Waals surface area (Å²) in [5, 5.41) is 9.93. The highest BCUT2D eigenvalue weighted by Crippen LogP contribution is 2.26. The minimum absolute atomic E-state index is 0.000644. The Labute approximate surface area is 117 Å². The number of aliphatic hydroxyl groups excluding tert-OH is 1. The number of halogens is 1. The fourth-order valence-electron chi connectivity index (χ4n) is 2.29. The van der Waals surface area contributed by atoms with E-state index in [0.29, 0.717) is 12.8 Å². The van der Waals surface area contributed by atoms with Gasteiger partial charge in [-0.25, -0.2) is 18.4 Å². The minimum atomic E-state index is -3.70. The molecular weight excluding hydrogens is 290 g/mol. The van der Waals surface area contributed by atoms with Crippen molar-refractivity contribution in [3.8, 4) is 0 Å². The number of sulfonamides is 1. The fraction of sp³-hybridized carbons (Fsp3) is 0.636. The van der Waals surface area contributed by atoms with Gasteiger partial charge in [-0.05, 0) is 24.4 Å². The van der Waals surface area contributed by atoms with Crippen molar-refractivity contribution in [2.75, 3.05) is 7.05 Å². The zero-order chi connectivity index (χ0) is 14.0. The molecule has 2 unspecified atom stereocenters. The molecule has 6 nitrogen and oxygen atoms in total. The van der Waals surface area contributed by atoms with Crippen LogP contribution in [0.1, 0.15) is 25.7 Å². The van der Waals surface area contributed by atoms with Crippen LogP contribution in [0.2, 0.25) is 5.28 Å². The Morgan fingerprint density at radius 1 is 1.32 bits per heavy atom. The van der Waals surface area contributed by atoms with Gasteiger partial charge in [-0.3, -0.25) is 0 Å². The standard InChI is InChI=1S/C11H16ClN3O3S/c1-15(9-4-2-3-5-10(9)16)19(17,18)8-6-13-11(12)14-7-8/h6-7,9-10,16H,2-5H2,1H3. The SMILES string of the molecule is CN(C1CCCCC1O)S(=O)(=O)c1cnc(Cl)nc1. The average Bonchev–Trinajstić information content (AvgIpc) is 2.39. The molecule has 8 heteroatoms. The summed E-state index contributed by atoms with van der Waals surface area (Å²) in [5.74, 6) is 0. The van der Waals surface area contributed by atoms with E-state index in [1.807, 2.05) is 0 Å². The van der Waals surface area contributed by atoms with Gasteiger partial charge in [0.05, 0.1) is 24.5 Å². The van der Waals surface area contributed by atoms with Crippen LogP contribution in [-0.4, -0.2) is 47.0 Å². The maximum Gasteiger partial charge on any atom is 0.246 e. The van der Waals surface area contributed by atoms with Gasteiger partial charge in [-0.15, -0.1) is 0 Å². The van der Waals surface area contributed by atoms with Crippen LogP contribution in [0.25, 0.3) is 0 Å². The van der Waals surface area contributed by atoms with Crippen molar-refractivity contribution < 1.29 is 13.5 Å². The first-order valence-electron chi connectivity index (χ1n) is 6.06. The van der Waals surface area contributed by atoms with Crippen LogP contribution in [0.15, 0.2) is 17.3 Å². The van der Waals surface area contributed by atoms with Gasteiger partial charge in [0.2, 0.25) is 15.3 Å². The normalized spacial score (nSPS) is 24.6. The molecule has 1 aliphatic carbocycles. The topological polar surface area (TPSA) is 83.4 Å². The van der Waals surface area contributed by atoms with E-state index in [-0.39, 0.29) is 10.2 Å². The second-order valence-electron chi connectivity index (χ2n) is 4.63. The highest BCUT2D eigenvalue weighted by molar-refractivity contribution is 7.89. The first kappa shape index (κ1) is 14.6. The van der Waals surface area contributed by atoms with E-state index < -0.39 is 22.2 Å². The molecule has 1 aromatic rings. The van der Waals surface area contributed by atoms with Gasteiger partial charge in [0.25, 0.3) is 0 Å². The first-order valence-corrected chi connectivity index (χ1v) is 7.88. The third kappa shape index (κ3) is 3.05. The summed E-state index contributed by atoms with van der Waals surface area (Å²) in [5.41, 5.74) is 0. The van der Waals surface area contributed by atoms with Gasteiger partial charge in [0, 0.05) is 7.05 Å². The van der Waals surface area contributed by atoms with Crippen LogP contribution in [0.5, 0.6) is 0 Å². The zero-order valence-corrected chi connectivity index (χ0v) is 12.1. The number of hydrogen-bond donors (Lipinski definition) is 1. The van der Waals surface area contributed by atoms with Crippen molar-refractivity contribution in [1.29, 1.82) is 0 Å². The van der Waals surface area contributed by atoms with Crippen molar-refractivity contribution in [2.24, 2.45) is 0 Å². The van der Waals surface area contributed by atoms with E-state index >= 15 is 0 Å². The molecule has 2 rings (SSSR count). The lowest BCUT2D eigenvalue weighted by molar-refractivity contribution is 0.0638. The van der Waals surface area contributed by atoms with Crippen LogP contribution in [-0.2, 0) is 10.0 Å². The monoisotopic (exact) mass is 305 g/mol. The summed E-state index contributed by atoms with van der Waals surface area (Å²) < 4.78 is 26.0. The van der Waals surface area contributed by atoms with Crippen LogP contribution in [0.3, 0.4) is 0 Å². The molecule has 2 atom stereocenters. The van der Waals surface area contributed by atoms with Crippen molar-refractivity contribution in [3.63, 3.8) is 0 Å². The van der Waals surface area contributed by atoms with Crippen molar-refractivity contribution in [1.82, 2.24) is 14.3 Å². The predicted octanol–water partition coefficient (Wildman–Crippen LogP) is 1.05. The highest BCUT2D eigenvalue weighted by atomic mass is 35.5. The summed E-state index contributed by atoms with van der Waals surface area (Å²) >= 11 is 5.54. The maximum absolute atomic E-state index is 12.4. The Bertz CT molecular complexity index is 535. The number of nitrogens with zero attached hydrogens (tertiary/aromatic N) is 3. The molecule has 1 heterocycles. The van der Waals surface area contributed by atoms with E-state index in [9.17, 15) is 13.5 Å². The first-order chi connectivity index (χ1) is 8.93. The maximum atomic E-state index is 12.4. The molecule has 1 saturated carbocycles. The molecule has 0 spiro atoms. The lowest BCUT2D eigenvalue weighted by Crippen LogP contribution is -2.46. The van der Waals surface area contributed by atoms with E-state index in [1.165, 1.54) is 23.7 Å². The minimum Gasteiger partial charge on any atom is -0.391 e. The average molecular weight is 306 g/mol. The largest absolute Gasteiger partial charge is 0.391 e. The van der Waals surface area contributed by atoms with Crippen LogP contribution >= 0.6 is 11.6 Å². The molecule has 1 N–H and O–H groups in total. The van der Waals surface area contributed by atoms with E-state index in [4.69, 9.17) is 11.6 Å². The van der Waals surface area contributed by atoms with Gasteiger partial charge >= 0.3 is 0 Å². The summed E-state index contributed by atoms with van der Waals surface area (Å²) in [4.78, 5) is 7.34. The number of aliphatic hydroxyl groups is 1. The number of likely N-dealkylation sites (N-methyl/N-ethyl adjacent to an activating group) is 1. The molecule has 106 valence electrons. The van der Waals surface area contributed by atoms with Crippen molar-refractivity contribution in [3.05, 3.63) is 17.7 Å². The van der Waals surface area contributed by atoms with Crippen molar-refractivity contribution in [2.45, 2.75) is 42.7 Å². The highest BCUT2D eigenvalue weighted by Gasteiger charge is 2.34. The second-order valence-corrected chi connectivity index (χ2v) is 6.96. The summed E-state index contributed by atoms with van der Waals surface area (Å²) in [6.45, 7) is 0. The van der Waals surface area contributed by atoms with E-state index in [1.54, 1.807) is 0 Å². The smallest absolute Gasteiger partial charge is 0.246 e. The molecule has 0 bridgehead atoms. The van der Waals surface area contributed by atoms with Crippen LogP contribution in [0, 0.1) is 0 Å². The van der Waals surface area contributed by atoms with Gasteiger partial charge < -0.3 is 5.11 Å². The molecule has 0 aliphatic heterocycles. The number of aromatic nitrogens is 2. The lowest BCUT2D eigenvalue weighted by Gasteiger charge is -2.34. The van der Waals surface area contributed by atoms with E-state index in [0.717, 1.165) is 12.8 Å². The zero-order valence-electron chi connectivity index (χ0n) is 10.5. The quantitative estimate of drug-likeness (QED) is 0.844. The Morgan fingerprint density at radius 3 is 2.47 bits per heavy atom. The summed E-state index contributed by atoms with van der Waals surface area (Å²) in [6.07, 6.45) is 4.86. The summed E-state index contributed by atoms with van der Waals surface area (Å²) in [7, 11) is -2.22. The predicted molar refractivity (Wildman–Crippen MR) is 70.3 cm³/mol. The third-order valence-electron chi connectivity index (χ3n) is 3.43. The molecule has 0 radical (unpaired) electrons. The molecule has 1 fully saturated rings. The molecule has 19 heavy (non-hydrogen) atoms. The molecule has 1 aromatic heterocycles. The van der Waals surface area contributed by atoms with Gasteiger partial charge in [-0.2, -0.15) is 4.31 Å². The number of rotatable bonds is 3. The number of hydrogen-bond acceptors (Lipinski definition) is 5. The Balaban J connectivity index is 2.25. The second kappa shape index (κ2) is 5.70. The van der Waals surface area contributed by atoms with Crippen LogP contribution in [0.4, 0.5) is 0 Å².